The molecule has 12 heteroatoms. The molecule has 0 aliphatic heterocycles. The van der Waals surface area contributed by atoms with Crippen molar-refractivity contribution in [2.75, 3.05) is 64.8 Å². The maximum atomic E-state index is 13.0. The van der Waals surface area contributed by atoms with Crippen molar-refractivity contribution in [2.45, 2.75) is 43.4 Å². The lowest BCUT2D eigenvalue weighted by Crippen LogP contribution is -2.29. The number of carbonyl (C=O) groups excluding carboxylic acids is 1. The number of aliphatic imine (C=N–C) groups is 1. The van der Waals surface area contributed by atoms with Gasteiger partial charge < -0.3 is 32.3 Å². The first kappa shape index (κ1) is 32.3. The maximum absolute atomic E-state index is 13.0. The second kappa shape index (κ2) is 17.6. The highest BCUT2D eigenvalue weighted by molar-refractivity contribution is 7.89. The van der Waals surface area contributed by atoms with Crippen molar-refractivity contribution in [3.05, 3.63) is 36.4 Å². The number of unbranched alkanes of at least 4 members (excludes halogenated alkanes) is 1. The van der Waals surface area contributed by atoms with E-state index in [0.29, 0.717) is 24.9 Å². The fourth-order valence-corrected chi connectivity index (χ4v) is 5.41. The van der Waals surface area contributed by atoms with Gasteiger partial charge >= 0.3 is 0 Å². The number of nitrogens with two attached hydrogens (primary N) is 2. The third-order valence-corrected chi connectivity index (χ3v) is 7.64. The van der Waals surface area contributed by atoms with Crippen LogP contribution < -0.4 is 37.0 Å². The van der Waals surface area contributed by atoms with Crippen LogP contribution in [0.3, 0.4) is 0 Å². The van der Waals surface area contributed by atoms with Crippen molar-refractivity contribution >= 4 is 38.3 Å². The predicted octanol–water partition coefficient (Wildman–Crippen LogP) is 1.09. The fraction of sp³-hybridized carbons (Fsp3) is 0.556. The Hall–Kier alpha value is -2.93. The minimum atomic E-state index is -3.70. The Kier molecular flexibility index (Phi) is 14.6. The molecule has 0 radical (unpaired) electrons. The number of guanidine groups is 1. The van der Waals surface area contributed by atoms with Crippen molar-refractivity contribution in [1.29, 1.82) is 0 Å². The number of amides is 1. The largest absolute Gasteiger partial charge is 0.377 e. The molecule has 0 aliphatic rings. The lowest BCUT2D eigenvalue weighted by Gasteiger charge is -2.17. The zero-order valence-corrected chi connectivity index (χ0v) is 24.2. The highest BCUT2D eigenvalue weighted by Crippen LogP contribution is 2.30. The predicted molar refractivity (Wildman–Crippen MR) is 161 cm³/mol. The summed E-state index contributed by atoms with van der Waals surface area (Å²) in [4.78, 5) is 18.3. The normalized spacial score (nSPS) is 11.4. The maximum Gasteiger partial charge on any atom is 0.241 e. The van der Waals surface area contributed by atoms with E-state index in [-0.39, 0.29) is 29.7 Å². The minimum absolute atomic E-state index is 0.0686. The molecular formula is C27H46N8O3S. The van der Waals surface area contributed by atoms with Crippen molar-refractivity contribution in [1.82, 2.24) is 20.7 Å². The molecule has 2 aromatic rings. The molecule has 2 aromatic carbocycles. The summed E-state index contributed by atoms with van der Waals surface area (Å²) in [5.41, 5.74) is 11.5. The first-order valence-corrected chi connectivity index (χ1v) is 15.1. The standard InChI is InChI=1S/C27H46N8O3S/c1-35(2)24-12-5-11-23-22(24)10-6-13-25(23)39(37,38)34-21-7-14-26(36)32-19-8-17-30-15-3-4-16-31-18-9-20-33-27(28)29/h5-6,10-13,30-31,34H,3-4,7-9,14-21H2,1-2H3,(H,32,36)(H4,28,29,33). The van der Waals surface area contributed by atoms with E-state index in [9.17, 15) is 13.2 Å². The molecule has 1 amide bonds. The fourth-order valence-electron chi connectivity index (χ4n) is 4.11. The molecule has 8 N–H and O–H groups in total. The van der Waals surface area contributed by atoms with Gasteiger partial charge in [0.05, 0.1) is 4.90 Å². The third kappa shape index (κ3) is 12.2. The molecule has 0 atom stereocenters. The molecule has 11 nitrogen and oxygen atoms in total. The monoisotopic (exact) mass is 562 g/mol. The molecule has 0 bridgehead atoms. The van der Waals surface area contributed by atoms with Gasteiger partial charge in [-0.2, -0.15) is 0 Å². The van der Waals surface area contributed by atoms with Crippen molar-refractivity contribution < 1.29 is 13.2 Å². The van der Waals surface area contributed by atoms with Crippen LogP contribution in [0, 0.1) is 0 Å². The molecule has 39 heavy (non-hydrogen) atoms. The Labute approximate surface area is 233 Å². The van der Waals surface area contributed by atoms with Gasteiger partial charge in [-0.1, -0.05) is 24.3 Å². The lowest BCUT2D eigenvalue weighted by molar-refractivity contribution is -0.121. The van der Waals surface area contributed by atoms with Gasteiger partial charge in [-0.15, -0.1) is 0 Å². The van der Waals surface area contributed by atoms with E-state index in [1.807, 2.05) is 43.3 Å². The van der Waals surface area contributed by atoms with Crippen LogP contribution >= 0.6 is 0 Å². The number of hydrogen-bond donors (Lipinski definition) is 6. The van der Waals surface area contributed by atoms with Crippen LogP contribution in [0.4, 0.5) is 5.69 Å². The Morgan fingerprint density at radius 3 is 2.15 bits per heavy atom. The summed E-state index contributed by atoms with van der Waals surface area (Å²) in [5, 5.41) is 11.2. The van der Waals surface area contributed by atoms with Crippen LogP contribution in [0.5, 0.6) is 0 Å². The van der Waals surface area contributed by atoms with Gasteiger partial charge in [-0.05, 0) is 70.4 Å². The van der Waals surface area contributed by atoms with Crippen LogP contribution in [0.1, 0.15) is 38.5 Å². The average Bonchev–Trinajstić information content (AvgIpc) is 2.90. The SMILES string of the molecule is CN(C)c1cccc2c(S(=O)(=O)NCCCC(=O)NCCCNCCCCNCCCN=C(N)N)cccc12. The average molecular weight is 563 g/mol. The van der Waals surface area contributed by atoms with E-state index < -0.39 is 10.0 Å². The highest BCUT2D eigenvalue weighted by Gasteiger charge is 2.18. The zero-order valence-electron chi connectivity index (χ0n) is 23.3. The van der Waals surface area contributed by atoms with Gasteiger partial charge in [0.2, 0.25) is 15.9 Å². The van der Waals surface area contributed by atoms with E-state index in [1.54, 1.807) is 12.1 Å². The summed E-state index contributed by atoms with van der Waals surface area (Å²) in [6, 6.07) is 10.9. The van der Waals surface area contributed by atoms with Gasteiger partial charge in [0, 0.05) is 56.6 Å². The third-order valence-electron chi connectivity index (χ3n) is 6.12. The molecule has 218 valence electrons. The number of hydrogen-bond acceptors (Lipinski definition) is 7. The van der Waals surface area contributed by atoms with E-state index in [4.69, 9.17) is 11.5 Å². The number of nitrogens with one attached hydrogen (secondary N) is 4. The van der Waals surface area contributed by atoms with Gasteiger partial charge in [-0.25, -0.2) is 13.1 Å². The summed E-state index contributed by atoms with van der Waals surface area (Å²) in [7, 11) is 0.162. The number of rotatable bonds is 20. The molecule has 0 saturated carbocycles. The van der Waals surface area contributed by atoms with E-state index in [2.05, 4.69) is 25.7 Å². The number of fused-ring (bicyclic) bond motifs is 1. The van der Waals surface area contributed by atoms with E-state index in [1.165, 1.54) is 0 Å². The quantitative estimate of drug-likeness (QED) is 0.0792. The Balaban J connectivity index is 1.54. The van der Waals surface area contributed by atoms with E-state index in [0.717, 1.165) is 62.9 Å². The van der Waals surface area contributed by atoms with Crippen LogP contribution in [-0.4, -0.2) is 80.2 Å². The lowest BCUT2D eigenvalue weighted by atomic mass is 10.1. The first-order valence-electron chi connectivity index (χ1n) is 13.6. The number of anilines is 1. The smallest absolute Gasteiger partial charge is 0.241 e. The van der Waals surface area contributed by atoms with Crippen LogP contribution in [0.25, 0.3) is 10.8 Å². The number of nitrogens with zero attached hydrogens (tertiary/aromatic N) is 2. The molecule has 0 unspecified atom stereocenters. The summed E-state index contributed by atoms with van der Waals surface area (Å²) in [6.07, 6.45) is 4.64. The van der Waals surface area contributed by atoms with E-state index >= 15 is 0 Å². The molecule has 2 rings (SSSR count). The molecule has 0 saturated heterocycles. The molecule has 0 aromatic heterocycles. The van der Waals surface area contributed by atoms with Gasteiger partial charge in [-0.3, -0.25) is 9.79 Å². The second-order valence-corrected chi connectivity index (χ2v) is 11.3. The van der Waals surface area contributed by atoms with Crippen molar-refractivity contribution in [3.8, 4) is 0 Å². The van der Waals surface area contributed by atoms with Gasteiger partial charge in [0.25, 0.3) is 0 Å². The second-order valence-electron chi connectivity index (χ2n) is 9.59. The summed E-state index contributed by atoms with van der Waals surface area (Å²) in [6.45, 7) is 5.10. The zero-order chi connectivity index (χ0) is 28.5. The number of benzene rings is 2. The molecule has 0 fully saturated rings. The number of carbonyl (C=O) groups is 1. The van der Waals surface area contributed by atoms with Crippen LogP contribution in [0.2, 0.25) is 0 Å². The van der Waals surface area contributed by atoms with Crippen molar-refractivity contribution in [3.63, 3.8) is 0 Å². The molecular weight excluding hydrogens is 516 g/mol. The Morgan fingerprint density at radius 1 is 0.821 bits per heavy atom. The summed E-state index contributed by atoms with van der Waals surface area (Å²) >= 11 is 0. The van der Waals surface area contributed by atoms with Crippen LogP contribution in [0.15, 0.2) is 46.3 Å². The Morgan fingerprint density at radius 2 is 1.46 bits per heavy atom. The Bertz CT molecular complexity index is 1150. The van der Waals surface area contributed by atoms with Gasteiger partial charge in [0.1, 0.15) is 0 Å². The molecule has 0 aliphatic carbocycles. The summed E-state index contributed by atoms with van der Waals surface area (Å²) in [5.74, 6) is 0.0686. The van der Waals surface area contributed by atoms with Crippen molar-refractivity contribution in [2.24, 2.45) is 16.5 Å². The topological polar surface area (TPSA) is 167 Å². The number of sulfonamides is 1. The first-order chi connectivity index (χ1) is 18.7. The minimum Gasteiger partial charge on any atom is -0.377 e. The van der Waals surface area contributed by atoms with Gasteiger partial charge in [0.15, 0.2) is 5.96 Å². The molecule has 0 spiro atoms. The summed E-state index contributed by atoms with van der Waals surface area (Å²) < 4.78 is 28.6. The highest BCUT2D eigenvalue weighted by atomic mass is 32.2. The van der Waals surface area contributed by atoms with Crippen LogP contribution in [-0.2, 0) is 14.8 Å². The molecule has 0 heterocycles.